The molecule has 5 heteroatoms. The van der Waals surface area contributed by atoms with E-state index in [1.165, 1.54) is 18.4 Å². The smallest absolute Gasteiger partial charge is 0.189 e. The molecule has 0 spiro atoms. The lowest BCUT2D eigenvalue weighted by Gasteiger charge is -2.27. The van der Waals surface area contributed by atoms with E-state index in [1.807, 2.05) is 18.2 Å². The number of para-hydroxylation sites is 1. The van der Waals surface area contributed by atoms with Crippen molar-refractivity contribution in [2.75, 3.05) is 13.2 Å². The van der Waals surface area contributed by atoms with E-state index in [9.17, 15) is 0 Å². The zero-order valence-electron chi connectivity index (χ0n) is 14.8. The second-order valence-corrected chi connectivity index (χ2v) is 6.95. The van der Waals surface area contributed by atoms with Gasteiger partial charge in [0.15, 0.2) is 5.96 Å². The Balaban J connectivity index is 0.00000196. The highest BCUT2D eigenvalue weighted by Crippen LogP contribution is 2.42. The minimum absolute atomic E-state index is 0. The molecule has 0 aromatic heterocycles. The summed E-state index contributed by atoms with van der Waals surface area (Å²) in [7, 11) is 0. The number of nitrogens with zero attached hydrogens (tertiary/aromatic N) is 1. The lowest BCUT2D eigenvalue weighted by molar-refractivity contribution is 0.262. The van der Waals surface area contributed by atoms with Crippen LogP contribution >= 0.6 is 24.0 Å². The van der Waals surface area contributed by atoms with Crippen molar-refractivity contribution < 1.29 is 4.74 Å². The van der Waals surface area contributed by atoms with Crippen molar-refractivity contribution in [2.24, 2.45) is 16.6 Å². The molecular weight excluding hydrogens is 437 g/mol. The van der Waals surface area contributed by atoms with Crippen LogP contribution in [0.4, 0.5) is 0 Å². The van der Waals surface area contributed by atoms with Crippen molar-refractivity contribution in [3.8, 4) is 5.75 Å². The van der Waals surface area contributed by atoms with Gasteiger partial charge in [-0.2, -0.15) is 0 Å². The van der Waals surface area contributed by atoms with Gasteiger partial charge in [0.25, 0.3) is 0 Å². The van der Waals surface area contributed by atoms with Crippen molar-refractivity contribution in [2.45, 2.75) is 31.2 Å². The van der Waals surface area contributed by atoms with Gasteiger partial charge >= 0.3 is 0 Å². The number of guanidine groups is 1. The van der Waals surface area contributed by atoms with E-state index in [2.05, 4.69) is 46.7 Å². The van der Waals surface area contributed by atoms with Crippen LogP contribution in [0.3, 0.4) is 0 Å². The van der Waals surface area contributed by atoms with Crippen LogP contribution in [0.2, 0.25) is 0 Å². The number of hydrogen-bond acceptors (Lipinski definition) is 2. The summed E-state index contributed by atoms with van der Waals surface area (Å²) in [6, 6.07) is 19.0. The first-order chi connectivity index (χ1) is 12.3. The normalized spacial score (nSPS) is 20.3. The fourth-order valence-electron chi connectivity index (χ4n) is 3.64. The highest BCUT2D eigenvalue weighted by atomic mass is 127. The quantitative estimate of drug-likeness (QED) is 0.397. The van der Waals surface area contributed by atoms with Crippen LogP contribution in [0.1, 0.15) is 42.3 Å². The van der Waals surface area contributed by atoms with Crippen molar-refractivity contribution in [1.82, 2.24) is 5.32 Å². The molecular formula is C21H26IN3O. The van der Waals surface area contributed by atoms with Gasteiger partial charge in [-0.1, -0.05) is 48.5 Å². The first kappa shape index (κ1) is 19.0. The molecule has 1 aliphatic heterocycles. The monoisotopic (exact) mass is 463 g/mol. The van der Waals surface area contributed by atoms with Crippen LogP contribution in [-0.2, 0) is 0 Å². The zero-order valence-corrected chi connectivity index (χ0v) is 17.1. The maximum Gasteiger partial charge on any atom is 0.189 e. The molecule has 1 fully saturated rings. The zero-order chi connectivity index (χ0) is 17.1. The number of ether oxygens (including phenoxy) is 1. The van der Waals surface area contributed by atoms with E-state index in [0.29, 0.717) is 18.5 Å². The summed E-state index contributed by atoms with van der Waals surface area (Å²) in [5.74, 6) is 2.70. The Hall–Kier alpha value is -1.76. The molecule has 2 unspecified atom stereocenters. The Kier molecular flexibility index (Phi) is 6.40. The summed E-state index contributed by atoms with van der Waals surface area (Å²) in [5, 5.41) is 3.39. The average Bonchev–Trinajstić information content (AvgIpc) is 3.48. The number of nitrogens with one attached hydrogen (secondary N) is 1. The fourth-order valence-corrected chi connectivity index (χ4v) is 3.64. The van der Waals surface area contributed by atoms with Crippen molar-refractivity contribution in [1.29, 1.82) is 0 Å². The number of hydrogen-bond donors (Lipinski definition) is 2. The molecule has 2 aromatic carbocycles. The molecule has 138 valence electrons. The van der Waals surface area contributed by atoms with Gasteiger partial charge in [0.05, 0.1) is 12.6 Å². The van der Waals surface area contributed by atoms with E-state index < -0.39 is 0 Å². The van der Waals surface area contributed by atoms with Gasteiger partial charge in [-0.25, -0.2) is 0 Å². The van der Waals surface area contributed by atoms with E-state index in [1.54, 1.807) is 0 Å². The second kappa shape index (κ2) is 8.75. The van der Waals surface area contributed by atoms with E-state index >= 15 is 0 Å². The molecule has 2 aliphatic rings. The van der Waals surface area contributed by atoms with E-state index in [-0.39, 0.29) is 30.0 Å². The fraction of sp³-hybridized carbons (Fsp3) is 0.381. The molecule has 4 rings (SSSR count). The number of halogens is 1. The van der Waals surface area contributed by atoms with Gasteiger partial charge < -0.3 is 15.8 Å². The van der Waals surface area contributed by atoms with E-state index in [0.717, 1.165) is 30.2 Å². The van der Waals surface area contributed by atoms with Gasteiger partial charge in [0.2, 0.25) is 0 Å². The lowest BCUT2D eigenvalue weighted by atomic mass is 9.94. The predicted molar refractivity (Wildman–Crippen MR) is 116 cm³/mol. The third-order valence-electron chi connectivity index (χ3n) is 5.16. The van der Waals surface area contributed by atoms with E-state index in [4.69, 9.17) is 10.5 Å². The lowest BCUT2D eigenvalue weighted by Crippen LogP contribution is -2.37. The molecule has 0 bridgehead atoms. The van der Waals surface area contributed by atoms with Crippen LogP contribution in [0.15, 0.2) is 59.6 Å². The standard InChI is InChI=1S/C21H25N3O.HI/c22-21(24-19-12-13-25-20-9-5-4-8-17(19)20)23-14-18(16-10-11-16)15-6-2-1-3-7-15;/h1-9,16,18-19H,10-14H2,(H3,22,23,24);1H. The average molecular weight is 463 g/mol. The summed E-state index contributed by atoms with van der Waals surface area (Å²) in [6.45, 7) is 1.45. The third kappa shape index (κ3) is 4.50. The highest BCUT2D eigenvalue weighted by Gasteiger charge is 2.32. The van der Waals surface area contributed by atoms with Crippen LogP contribution in [0, 0.1) is 5.92 Å². The first-order valence-corrected chi connectivity index (χ1v) is 9.14. The number of rotatable bonds is 5. The van der Waals surface area contributed by atoms with Gasteiger partial charge in [0.1, 0.15) is 5.75 Å². The maximum atomic E-state index is 6.21. The van der Waals surface area contributed by atoms with Crippen LogP contribution in [0.5, 0.6) is 5.75 Å². The van der Waals surface area contributed by atoms with Gasteiger partial charge in [-0.15, -0.1) is 24.0 Å². The second-order valence-electron chi connectivity index (χ2n) is 6.95. The number of aliphatic imine (C=N–C) groups is 1. The molecule has 1 aliphatic carbocycles. The summed E-state index contributed by atoms with van der Waals surface area (Å²) in [5.41, 5.74) is 8.74. The summed E-state index contributed by atoms with van der Waals surface area (Å²) < 4.78 is 5.71. The molecule has 2 aromatic rings. The van der Waals surface area contributed by atoms with Crippen molar-refractivity contribution >= 4 is 29.9 Å². The highest BCUT2D eigenvalue weighted by molar-refractivity contribution is 14.0. The Bertz CT molecular complexity index is 746. The third-order valence-corrected chi connectivity index (χ3v) is 5.16. The minimum atomic E-state index is 0. The van der Waals surface area contributed by atoms with Gasteiger partial charge in [-0.3, -0.25) is 4.99 Å². The van der Waals surface area contributed by atoms with Crippen LogP contribution in [-0.4, -0.2) is 19.1 Å². The number of fused-ring (bicyclic) bond motifs is 1. The van der Waals surface area contributed by atoms with Crippen molar-refractivity contribution in [3.63, 3.8) is 0 Å². The summed E-state index contributed by atoms with van der Waals surface area (Å²) in [6.07, 6.45) is 3.50. The predicted octanol–water partition coefficient (Wildman–Crippen LogP) is 4.23. The molecule has 1 saturated carbocycles. The largest absolute Gasteiger partial charge is 0.493 e. The maximum absolute atomic E-state index is 6.21. The SMILES string of the molecule is I.NC(=NCC(c1ccccc1)C1CC1)NC1CCOc2ccccc21. The molecule has 26 heavy (non-hydrogen) atoms. The molecule has 0 radical (unpaired) electrons. The number of nitrogens with two attached hydrogens (primary N) is 1. The van der Waals surface area contributed by atoms with Gasteiger partial charge in [0, 0.05) is 24.4 Å². The number of benzene rings is 2. The van der Waals surface area contributed by atoms with Gasteiger partial charge in [-0.05, 0) is 30.4 Å². The Morgan fingerprint density at radius 3 is 2.58 bits per heavy atom. The first-order valence-electron chi connectivity index (χ1n) is 9.14. The summed E-state index contributed by atoms with van der Waals surface area (Å²) >= 11 is 0. The molecule has 0 amide bonds. The summed E-state index contributed by atoms with van der Waals surface area (Å²) in [4.78, 5) is 4.67. The van der Waals surface area contributed by atoms with Crippen LogP contribution < -0.4 is 15.8 Å². The molecule has 2 atom stereocenters. The Morgan fingerprint density at radius 2 is 1.81 bits per heavy atom. The Labute approximate surface area is 172 Å². The molecule has 0 saturated heterocycles. The van der Waals surface area contributed by atoms with Crippen molar-refractivity contribution in [3.05, 3.63) is 65.7 Å². The molecule has 4 nitrogen and oxygen atoms in total. The minimum Gasteiger partial charge on any atom is -0.493 e. The topological polar surface area (TPSA) is 59.6 Å². The molecule has 1 heterocycles. The molecule has 3 N–H and O–H groups in total. The Morgan fingerprint density at radius 1 is 1.08 bits per heavy atom. The van der Waals surface area contributed by atoms with Crippen LogP contribution in [0.25, 0.3) is 0 Å².